The lowest BCUT2D eigenvalue weighted by Crippen LogP contribution is -2.23. The summed E-state index contributed by atoms with van der Waals surface area (Å²) in [6.07, 6.45) is 2.89. The molecule has 0 aliphatic heterocycles. The molecule has 0 saturated heterocycles. The molecular weight excluding hydrogens is 312 g/mol. The molecule has 4 rings (SSSR count). The molecule has 1 aliphatic rings. The van der Waals surface area contributed by atoms with Crippen molar-refractivity contribution in [3.05, 3.63) is 70.8 Å². The van der Waals surface area contributed by atoms with Gasteiger partial charge in [0.1, 0.15) is 5.69 Å². The summed E-state index contributed by atoms with van der Waals surface area (Å²) >= 11 is 4.24. The van der Waals surface area contributed by atoms with E-state index in [1.54, 1.807) is 0 Å². The van der Waals surface area contributed by atoms with Crippen molar-refractivity contribution < 1.29 is 9.59 Å². The van der Waals surface area contributed by atoms with Gasteiger partial charge in [0.15, 0.2) is 5.69 Å². The van der Waals surface area contributed by atoms with Gasteiger partial charge in [-0.05, 0) is 23.8 Å². The molecule has 2 aromatic heterocycles. The van der Waals surface area contributed by atoms with Gasteiger partial charge in [-0.2, -0.15) is 0 Å². The van der Waals surface area contributed by atoms with E-state index in [1.165, 1.54) is 23.1 Å². The number of carbonyl (C=O) groups excluding carboxylic acids is 2. The van der Waals surface area contributed by atoms with Crippen LogP contribution in [0.3, 0.4) is 0 Å². The fourth-order valence-electron chi connectivity index (χ4n) is 2.60. The van der Waals surface area contributed by atoms with Gasteiger partial charge < -0.3 is 0 Å². The number of thiol groups is 1. The van der Waals surface area contributed by atoms with Crippen LogP contribution in [0.15, 0.2) is 47.6 Å². The van der Waals surface area contributed by atoms with Gasteiger partial charge in [0.2, 0.25) is 11.6 Å². The standard InChI is InChI=1S/C16H10N4O2S/c21-15-11-5-6-17-7-12(11)16(22)14-13(15)18-19-20(14)8-9-1-3-10(23)4-2-9/h1-7,23H,8H2. The van der Waals surface area contributed by atoms with E-state index in [0.29, 0.717) is 17.7 Å². The highest BCUT2D eigenvalue weighted by molar-refractivity contribution is 7.80. The Hall–Kier alpha value is -2.80. The third-order valence-electron chi connectivity index (χ3n) is 3.74. The third kappa shape index (κ3) is 2.17. The summed E-state index contributed by atoms with van der Waals surface area (Å²) < 4.78 is 1.46. The van der Waals surface area contributed by atoms with Crippen LogP contribution in [0.2, 0.25) is 0 Å². The molecule has 0 spiro atoms. The average Bonchev–Trinajstić information content (AvgIpc) is 2.99. The minimum absolute atomic E-state index is 0.0968. The van der Waals surface area contributed by atoms with Gasteiger partial charge in [-0.1, -0.05) is 17.3 Å². The van der Waals surface area contributed by atoms with E-state index in [9.17, 15) is 9.59 Å². The van der Waals surface area contributed by atoms with Crippen LogP contribution in [-0.2, 0) is 6.54 Å². The first-order valence-electron chi connectivity index (χ1n) is 6.90. The quantitative estimate of drug-likeness (QED) is 0.569. The SMILES string of the molecule is O=C1c2ccncc2C(=O)c2c1nnn2Cc1ccc(S)cc1. The molecule has 0 radical (unpaired) electrons. The van der Waals surface area contributed by atoms with Crippen LogP contribution in [0.5, 0.6) is 0 Å². The number of benzene rings is 1. The summed E-state index contributed by atoms with van der Waals surface area (Å²) in [5.41, 5.74) is 1.86. The Kier molecular flexibility index (Phi) is 3.09. The monoisotopic (exact) mass is 322 g/mol. The van der Waals surface area contributed by atoms with Crippen molar-refractivity contribution in [2.75, 3.05) is 0 Å². The van der Waals surface area contributed by atoms with Gasteiger partial charge in [0.05, 0.1) is 12.1 Å². The Bertz CT molecular complexity index is 947. The molecule has 2 heterocycles. The predicted octanol–water partition coefficient (Wildman–Crippen LogP) is 1.79. The van der Waals surface area contributed by atoms with Gasteiger partial charge in [-0.25, -0.2) is 4.68 Å². The first-order chi connectivity index (χ1) is 11.1. The third-order valence-corrected chi connectivity index (χ3v) is 4.04. The Labute approximate surface area is 136 Å². The van der Waals surface area contributed by atoms with Crippen LogP contribution >= 0.6 is 12.6 Å². The molecule has 7 heteroatoms. The lowest BCUT2D eigenvalue weighted by atomic mass is 9.91. The topological polar surface area (TPSA) is 77.7 Å². The van der Waals surface area contributed by atoms with Crippen molar-refractivity contribution >= 4 is 24.2 Å². The summed E-state index contributed by atoms with van der Waals surface area (Å²) in [4.78, 5) is 29.9. The second-order valence-electron chi connectivity index (χ2n) is 5.19. The molecule has 0 unspecified atom stereocenters. The molecule has 0 bridgehead atoms. The zero-order chi connectivity index (χ0) is 16.0. The number of carbonyl (C=O) groups is 2. The van der Waals surface area contributed by atoms with E-state index in [4.69, 9.17) is 0 Å². The van der Waals surface area contributed by atoms with Crippen molar-refractivity contribution in [1.82, 2.24) is 20.0 Å². The number of ketones is 2. The highest BCUT2D eigenvalue weighted by Crippen LogP contribution is 2.25. The van der Waals surface area contributed by atoms with Crippen molar-refractivity contribution in [1.29, 1.82) is 0 Å². The van der Waals surface area contributed by atoms with E-state index >= 15 is 0 Å². The number of hydrogen-bond acceptors (Lipinski definition) is 6. The molecule has 6 nitrogen and oxygen atoms in total. The maximum atomic E-state index is 12.7. The lowest BCUT2D eigenvalue weighted by molar-refractivity contribution is 0.0970. The highest BCUT2D eigenvalue weighted by Gasteiger charge is 2.35. The van der Waals surface area contributed by atoms with E-state index in [-0.39, 0.29) is 23.0 Å². The van der Waals surface area contributed by atoms with E-state index in [1.807, 2.05) is 24.3 Å². The van der Waals surface area contributed by atoms with Crippen LogP contribution in [0.1, 0.15) is 37.7 Å². The Morgan fingerprint density at radius 3 is 2.57 bits per heavy atom. The van der Waals surface area contributed by atoms with Crippen molar-refractivity contribution in [2.45, 2.75) is 11.4 Å². The molecular formula is C16H10N4O2S. The van der Waals surface area contributed by atoms with Gasteiger partial charge in [0, 0.05) is 22.9 Å². The fraction of sp³-hybridized carbons (Fsp3) is 0.0625. The number of aromatic nitrogens is 4. The van der Waals surface area contributed by atoms with Crippen LogP contribution < -0.4 is 0 Å². The van der Waals surface area contributed by atoms with Gasteiger partial charge in [0.25, 0.3) is 0 Å². The number of rotatable bonds is 2. The molecule has 3 aromatic rings. The number of hydrogen-bond donors (Lipinski definition) is 1. The zero-order valence-electron chi connectivity index (χ0n) is 11.8. The molecule has 0 N–H and O–H groups in total. The summed E-state index contributed by atoms with van der Waals surface area (Å²) in [5.74, 6) is -0.576. The lowest BCUT2D eigenvalue weighted by Gasteiger charge is -2.13. The van der Waals surface area contributed by atoms with E-state index < -0.39 is 0 Å². The normalized spacial score (nSPS) is 12.9. The maximum Gasteiger partial charge on any atom is 0.216 e. The first kappa shape index (κ1) is 13.8. The van der Waals surface area contributed by atoms with Crippen LogP contribution in [0.25, 0.3) is 0 Å². The predicted molar refractivity (Wildman–Crippen MR) is 83.9 cm³/mol. The molecule has 0 fully saturated rings. The Morgan fingerprint density at radius 2 is 1.78 bits per heavy atom. The van der Waals surface area contributed by atoms with Crippen LogP contribution in [0, 0.1) is 0 Å². The molecule has 0 saturated carbocycles. The van der Waals surface area contributed by atoms with Gasteiger partial charge in [-0.15, -0.1) is 17.7 Å². The van der Waals surface area contributed by atoms with E-state index in [2.05, 4.69) is 27.9 Å². The molecule has 1 aliphatic carbocycles. The number of pyridine rings is 1. The summed E-state index contributed by atoms with van der Waals surface area (Å²) in [6, 6.07) is 9.02. The fourth-order valence-corrected chi connectivity index (χ4v) is 2.75. The second kappa shape index (κ2) is 5.13. The minimum Gasteiger partial charge on any atom is -0.287 e. The van der Waals surface area contributed by atoms with Crippen LogP contribution in [-0.4, -0.2) is 31.5 Å². The van der Waals surface area contributed by atoms with Crippen LogP contribution in [0.4, 0.5) is 0 Å². The molecule has 1 aromatic carbocycles. The summed E-state index contributed by atoms with van der Waals surface area (Å²) in [5, 5.41) is 7.89. The Morgan fingerprint density at radius 1 is 1.00 bits per heavy atom. The molecule has 23 heavy (non-hydrogen) atoms. The molecule has 0 amide bonds. The second-order valence-corrected chi connectivity index (χ2v) is 5.71. The smallest absolute Gasteiger partial charge is 0.216 e. The van der Waals surface area contributed by atoms with Crippen molar-refractivity contribution in [2.24, 2.45) is 0 Å². The Balaban J connectivity index is 1.79. The van der Waals surface area contributed by atoms with Gasteiger partial charge >= 0.3 is 0 Å². The first-order valence-corrected chi connectivity index (χ1v) is 7.34. The summed E-state index contributed by atoms with van der Waals surface area (Å²) in [7, 11) is 0. The molecule has 0 atom stereocenters. The number of fused-ring (bicyclic) bond motifs is 2. The highest BCUT2D eigenvalue weighted by atomic mass is 32.1. The minimum atomic E-state index is -0.297. The van der Waals surface area contributed by atoms with Crippen molar-refractivity contribution in [3.63, 3.8) is 0 Å². The summed E-state index contributed by atoms with van der Waals surface area (Å²) in [6.45, 7) is 0.352. The largest absolute Gasteiger partial charge is 0.287 e. The zero-order valence-corrected chi connectivity index (χ0v) is 12.7. The molecule has 112 valence electrons. The van der Waals surface area contributed by atoms with E-state index in [0.717, 1.165) is 10.5 Å². The van der Waals surface area contributed by atoms with Gasteiger partial charge in [-0.3, -0.25) is 14.6 Å². The number of nitrogens with zero attached hydrogens (tertiary/aromatic N) is 4. The average molecular weight is 322 g/mol. The maximum absolute atomic E-state index is 12.7. The van der Waals surface area contributed by atoms with Crippen molar-refractivity contribution in [3.8, 4) is 0 Å².